The monoisotopic (exact) mass is 262 g/mol. The molecule has 0 aliphatic heterocycles. The van der Waals surface area contributed by atoms with Gasteiger partial charge in [0.2, 0.25) is 10.0 Å². The van der Waals surface area contributed by atoms with Gasteiger partial charge in [-0.3, -0.25) is 0 Å². The van der Waals surface area contributed by atoms with Crippen molar-refractivity contribution in [1.29, 1.82) is 0 Å². The first-order valence-corrected chi connectivity index (χ1v) is 6.06. The van der Waals surface area contributed by atoms with Gasteiger partial charge in [0.15, 0.2) is 0 Å². The van der Waals surface area contributed by atoms with Crippen LogP contribution in [0, 0.1) is 11.6 Å². The van der Waals surface area contributed by atoms with Crippen molar-refractivity contribution in [3.8, 4) is 0 Å². The Hall–Kier alpha value is -1.47. The summed E-state index contributed by atoms with van der Waals surface area (Å²) in [5.74, 6) is -2.17. The number of benzene rings is 1. The molecule has 94 valence electrons. The molecule has 0 fully saturated rings. The second kappa shape index (κ2) is 4.80. The molecule has 0 aromatic heterocycles. The Bertz CT molecular complexity index is 543. The maximum absolute atomic E-state index is 13.4. The standard InChI is InChI=1S/C10H12F2N2O2S/c1-3-4-14(2)17(15,16)10-6-9(13)7(11)5-8(10)12/h3,5-6H,1,4,13H2,2H3. The minimum absolute atomic E-state index is 0.0130. The second-order valence-corrected chi connectivity index (χ2v) is 5.39. The Morgan fingerprint density at radius 1 is 1.41 bits per heavy atom. The van der Waals surface area contributed by atoms with Crippen LogP contribution in [0.2, 0.25) is 0 Å². The maximum Gasteiger partial charge on any atom is 0.246 e. The molecule has 0 spiro atoms. The summed E-state index contributed by atoms with van der Waals surface area (Å²) in [4.78, 5) is -0.652. The fourth-order valence-corrected chi connectivity index (χ4v) is 2.41. The van der Waals surface area contributed by atoms with E-state index in [4.69, 9.17) is 5.73 Å². The van der Waals surface area contributed by atoms with Crippen LogP contribution in [-0.2, 0) is 10.0 Å². The van der Waals surface area contributed by atoms with Gasteiger partial charge in [0.25, 0.3) is 0 Å². The predicted molar refractivity (Wildman–Crippen MR) is 60.8 cm³/mol. The van der Waals surface area contributed by atoms with Crippen molar-refractivity contribution in [2.75, 3.05) is 19.3 Å². The molecule has 0 unspecified atom stereocenters. The zero-order valence-electron chi connectivity index (χ0n) is 9.15. The summed E-state index contributed by atoms with van der Waals surface area (Å²) in [6, 6.07) is 1.21. The number of sulfonamides is 1. The first kappa shape index (κ1) is 13.6. The summed E-state index contributed by atoms with van der Waals surface area (Å²) in [7, 11) is -2.77. The van der Waals surface area contributed by atoms with Crippen LogP contribution in [0.3, 0.4) is 0 Å². The Morgan fingerprint density at radius 2 is 2.00 bits per heavy atom. The van der Waals surface area contributed by atoms with Gasteiger partial charge in [-0.15, -0.1) is 6.58 Å². The molecule has 4 nitrogen and oxygen atoms in total. The third kappa shape index (κ3) is 2.62. The average Bonchev–Trinajstić information content (AvgIpc) is 2.23. The lowest BCUT2D eigenvalue weighted by atomic mass is 10.3. The lowest BCUT2D eigenvalue weighted by Crippen LogP contribution is -2.28. The van der Waals surface area contributed by atoms with E-state index in [0.29, 0.717) is 6.07 Å². The van der Waals surface area contributed by atoms with E-state index >= 15 is 0 Å². The minimum atomic E-state index is -4.03. The molecule has 7 heteroatoms. The molecular weight excluding hydrogens is 250 g/mol. The van der Waals surface area contributed by atoms with Crippen molar-refractivity contribution in [3.63, 3.8) is 0 Å². The van der Waals surface area contributed by atoms with Gasteiger partial charge in [-0.2, -0.15) is 4.31 Å². The number of anilines is 1. The van der Waals surface area contributed by atoms with Crippen molar-refractivity contribution in [3.05, 3.63) is 36.4 Å². The van der Waals surface area contributed by atoms with Crippen molar-refractivity contribution >= 4 is 15.7 Å². The molecule has 1 rings (SSSR count). The molecule has 0 bridgehead atoms. The van der Waals surface area contributed by atoms with Gasteiger partial charge in [0.05, 0.1) is 5.69 Å². The van der Waals surface area contributed by atoms with E-state index in [0.717, 1.165) is 10.4 Å². The average molecular weight is 262 g/mol. The van der Waals surface area contributed by atoms with E-state index in [-0.39, 0.29) is 6.54 Å². The van der Waals surface area contributed by atoms with Crippen molar-refractivity contribution in [2.45, 2.75) is 4.90 Å². The summed E-state index contributed by atoms with van der Waals surface area (Å²) >= 11 is 0. The zero-order valence-corrected chi connectivity index (χ0v) is 9.97. The second-order valence-electron chi connectivity index (χ2n) is 3.38. The molecule has 0 amide bonds. The Balaban J connectivity index is 3.34. The van der Waals surface area contributed by atoms with Gasteiger partial charge < -0.3 is 5.73 Å². The van der Waals surface area contributed by atoms with E-state index in [1.807, 2.05) is 0 Å². The SMILES string of the molecule is C=CCN(C)S(=O)(=O)c1cc(N)c(F)cc1F. The van der Waals surface area contributed by atoms with Crippen molar-refractivity contribution < 1.29 is 17.2 Å². The van der Waals surface area contributed by atoms with E-state index in [1.54, 1.807) is 0 Å². The highest BCUT2D eigenvalue weighted by Gasteiger charge is 2.25. The van der Waals surface area contributed by atoms with Crippen LogP contribution in [0.25, 0.3) is 0 Å². The number of rotatable bonds is 4. The van der Waals surface area contributed by atoms with Crippen LogP contribution >= 0.6 is 0 Å². The molecule has 0 atom stereocenters. The fourth-order valence-electron chi connectivity index (χ4n) is 1.19. The van der Waals surface area contributed by atoms with Gasteiger partial charge in [-0.05, 0) is 6.07 Å². The minimum Gasteiger partial charge on any atom is -0.396 e. The first-order chi connectivity index (χ1) is 7.80. The van der Waals surface area contributed by atoms with Crippen LogP contribution in [-0.4, -0.2) is 26.3 Å². The number of likely N-dealkylation sites (N-methyl/N-ethyl adjacent to an activating group) is 1. The number of nitrogens with two attached hydrogens (primary N) is 1. The number of hydrogen-bond acceptors (Lipinski definition) is 3. The summed E-state index contributed by atoms with van der Waals surface area (Å²) in [6.07, 6.45) is 1.35. The zero-order chi connectivity index (χ0) is 13.2. The Kier molecular flexibility index (Phi) is 3.84. The topological polar surface area (TPSA) is 63.4 Å². The highest BCUT2D eigenvalue weighted by atomic mass is 32.2. The molecule has 0 heterocycles. The van der Waals surface area contributed by atoms with E-state index in [1.165, 1.54) is 13.1 Å². The fraction of sp³-hybridized carbons (Fsp3) is 0.200. The predicted octanol–water partition coefficient (Wildman–Crippen LogP) is 1.35. The van der Waals surface area contributed by atoms with Crippen LogP contribution in [0.15, 0.2) is 29.7 Å². The quantitative estimate of drug-likeness (QED) is 0.658. The lowest BCUT2D eigenvalue weighted by molar-refractivity contribution is 0.487. The summed E-state index contributed by atoms with van der Waals surface area (Å²) in [5.41, 5.74) is 4.80. The van der Waals surface area contributed by atoms with E-state index in [2.05, 4.69) is 6.58 Å². The molecule has 0 saturated carbocycles. The normalized spacial score (nSPS) is 11.8. The van der Waals surface area contributed by atoms with Crippen LogP contribution in [0.4, 0.5) is 14.5 Å². The largest absolute Gasteiger partial charge is 0.396 e. The molecule has 0 aliphatic rings. The van der Waals surface area contributed by atoms with E-state index in [9.17, 15) is 17.2 Å². The van der Waals surface area contributed by atoms with Gasteiger partial charge in [0, 0.05) is 19.7 Å². The summed E-state index contributed by atoms with van der Waals surface area (Å²) in [6.45, 7) is 3.39. The first-order valence-electron chi connectivity index (χ1n) is 4.62. The molecule has 0 saturated heterocycles. The molecule has 1 aromatic carbocycles. The molecule has 0 radical (unpaired) electrons. The van der Waals surface area contributed by atoms with Crippen molar-refractivity contribution in [1.82, 2.24) is 4.31 Å². The third-order valence-corrected chi connectivity index (χ3v) is 3.96. The smallest absolute Gasteiger partial charge is 0.246 e. The highest BCUT2D eigenvalue weighted by Crippen LogP contribution is 2.23. The lowest BCUT2D eigenvalue weighted by Gasteiger charge is -2.16. The number of hydrogen-bond donors (Lipinski definition) is 1. The number of halogens is 2. The molecule has 1 aromatic rings. The van der Waals surface area contributed by atoms with E-state index < -0.39 is 32.2 Å². The van der Waals surface area contributed by atoms with Gasteiger partial charge in [-0.1, -0.05) is 6.08 Å². The van der Waals surface area contributed by atoms with Gasteiger partial charge in [0.1, 0.15) is 16.5 Å². The molecule has 17 heavy (non-hydrogen) atoms. The number of nitrogens with zero attached hydrogens (tertiary/aromatic N) is 1. The molecule has 0 aliphatic carbocycles. The van der Waals surface area contributed by atoms with Crippen molar-refractivity contribution in [2.24, 2.45) is 0 Å². The third-order valence-electron chi connectivity index (χ3n) is 2.13. The van der Waals surface area contributed by atoms with Gasteiger partial charge in [-0.25, -0.2) is 17.2 Å². The highest BCUT2D eigenvalue weighted by molar-refractivity contribution is 7.89. The summed E-state index contributed by atoms with van der Waals surface area (Å²) < 4.78 is 50.9. The van der Waals surface area contributed by atoms with Crippen LogP contribution < -0.4 is 5.73 Å². The van der Waals surface area contributed by atoms with Crippen LogP contribution in [0.1, 0.15) is 0 Å². The summed E-state index contributed by atoms with van der Waals surface area (Å²) in [5, 5.41) is 0. The Morgan fingerprint density at radius 3 is 2.53 bits per heavy atom. The van der Waals surface area contributed by atoms with Crippen LogP contribution in [0.5, 0.6) is 0 Å². The van der Waals surface area contributed by atoms with Gasteiger partial charge >= 0.3 is 0 Å². The Labute approximate surface area is 98.4 Å². The number of nitrogen functional groups attached to an aromatic ring is 1. The molecule has 2 N–H and O–H groups in total. The molecular formula is C10H12F2N2O2S. The maximum atomic E-state index is 13.4.